The number of hydroxylamine groups is 1. The van der Waals surface area contributed by atoms with Crippen LogP contribution in [0.25, 0.3) is 0 Å². The molecule has 21 heavy (non-hydrogen) atoms. The van der Waals surface area contributed by atoms with E-state index in [9.17, 15) is 15.0 Å². The first-order chi connectivity index (χ1) is 10.0. The Hall–Kier alpha value is -2.09. The molecule has 0 aliphatic rings. The summed E-state index contributed by atoms with van der Waals surface area (Å²) in [7, 11) is 1.42. The van der Waals surface area contributed by atoms with Gasteiger partial charge in [-0.1, -0.05) is 6.07 Å². The van der Waals surface area contributed by atoms with Gasteiger partial charge in [0.2, 0.25) is 0 Å². The van der Waals surface area contributed by atoms with Crippen LogP contribution < -0.4 is 10.2 Å². The minimum absolute atomic E-state index is 0.110. The van der Waals surface area contributed by atoms with Crippen molar-refractivity contribution in [2.45, 2.75) is 19.1 Å². The smallest absolute Gasteiger partial charge is 0.267 e. The van der Waals surface area contributed by atoms with Crippen LogP contribution in [0.5, 0.6) is 11.5 Å². The van der Waals surface area contributed by atoms with Gasteiger partial charge in [-0.05, 0) is 30.7 Å². The molecule has 1 aromatic carbocycles. The number of aliphatic hydroxyl groups excluding tert-OH is 1. The second-order valence-corrected chi connectivity index (χ2v) is 4.13. The number of rotatable bonds is 7. The topological polar surface area (TPSA) is 108 Å². The van der Waals surface area contributed by atoms with Gasteiger partial charge in [0.15, 0.2) is 11.5 Å². The van der Waals surface area contributed by atoms with E-state index >= 15 is 0 Å². The van der Waals surface area contributed by atoms with Crippen molar-refractivity contribution >= 4 is 5.91 Å². The summed E-state index contributed by atoms with van der Waals surface area (Å²) in [5.74, 6) is -0.556. The Morgan fingerprint density at radius 1 is 1.48 bits per heavy atom. The number of nitrogens with one attached hydrogen (secondary N) is 1. The van der Waals surface area contributed by atoms with Crippen molar-refractivity contribution in [1.29, 1.82) is 0 Å². The Kier molecular flexibility index (Phi) is 6.67. The predicted octanol–water partition coefficient (Wildman–Crippen LogP) is 0.901. The predicted molar refractivity (Wildman–Crippen MR) is 74.1 cm³/mol. The largest absolute Gasteiger partial charge is 0.504 e. The summed E-state index contributed by atoms with van der Waals surface area (Å²) >= 11 is 0. The molecule has 0 radical (unpaired) electrons. The number of carbonyl (C=O) groups is 1. The molecule has 0 saturated carbocycles. The van der Waals surface area contributed by atoms with Gasteiger partial charge in [-0.25, -0.2) is 5.48 Å². The molecule has 1 aromatic rings. The summed E-state index contributed by atoms with van der Waals surface area (Å²) < 4.78 is 10.3. The van der Waals surface area contributed by atoms with E-state index in [1.165, 1.54) is 30.8 Å². The van der Waals surface area contributed by atoms with Crippen LogP contribution in [-0.2, 0) is 9.53 Å². The van der Waals surface area contributed by atoms with E-state index in [-0.39, 0.29) is 11.5 Å². The molecule has 0 aromatic heterocycles. The zero-order valence-corrected chi connectivity index (χ0v) is 11.8. The van der Waals surface area contributed by atoms with Crippen LogP contribution in [0.3, 0.4) is 0 Å². The van der Waals surface area contributed by atoms with Gasteiger partial charge in [-0.15, -0.1) is 0 Å². The number of hydrogen-bond donors (Lipinski definition) is 4. The Labute approximate surface area is 122 Å². The Morgan fingerprint density at radius 3 is 2.71 bits per heavy atom. The third kappa shape index (κ3) is 4.75. The molecule has 2 atom stereocenters. The van der Waals surface area contributed by atoms with E-state index in [0.29, 0.717) is 12.2 Å². The van der Waals surface area contributed by atoms with Crippen LogP contribution in [0, 0.1) is 0 Å². The highest BCUT2D eigenvalue weighted by Crippen LogP contribution is 2.30. The maximum atomic E-state index is 11.0. The lowest BCUT2D eigenvalue weighted by atomic mass is 10.0. The van der Waals surface area contributed by atoms with Crippen molar-refractivity contribution < 1.29 is 29.7 Å². The second-order valence-electron chi connectivity index (χ2n) is 4.13. The highest BCUT2D eigenvalue weighted by molar-refractivity contribution is 5.86. The standard InChI is InChI=1S/C14H19NO6/c1-3-21-12(6-7-13(17)15-19)14(18)9-4-5-11(20-2)10(16)8-9/h4-8,12,14,16,18-19H,3H2,1-2H3,(H,15,17)/b7-6+/t12-,14-/m0/s1. The minimum Gasteiger partial charge on any atom is -0.504 e. The van der Waals surface area contributed by atoms with E-state index < -0.39 is 18.1 Å². The lowest BCUT2D eigenvalue weighted by Crippen LogP contribution is -2.22. The molecule has 7 heteroatoms. The maximum absolute atomic E-state index is 11.0. The molecule has 0 unspecified atom stereocenters. The van der Waals surface area contributed by atoms with Crippen LogP contribution in [0.4, 0.5) is 0 Å². The Bertz CT molecular complexity index is 502. The number of benzene rings is 1. The van der Waals surface area contributed by atoms with E-state index in [4.69, 9.17) is 14.7 Å². The van der Waals surface area contributed by atoms with Crippen molar-refractivity contribution in [2.24, 2.45) is 0 Å². The number of amides is 1. The molecule has 0 heterocycles. The fraction of sp³-hybridized carbons (Fsp3) is 0.357. The summed E-state index contributed by atoms with van der Waals surface area (Å²) in [4.78, 5) is 11.0. The molecule has 0 saturated heterocycles. The highest BCUT2D eigenvalue weighted by atomic mass is 16.5. The quantitative estimate of drug-likeness (QED) is 0.338. The lowest BCUT2D eigenvalue weighted by Gasteiger charge is -2.20. The number of aromatic hydroxyl groups is 1. The van der Waals surface area contributed by atoms with E-state index in [1.807, 2.05) is 0 Å². The van der Waals surface area contributed by atoms with Gasteiger partial charge < -0.3 is 19.7 Å². The van der Waals surface area contributed by atoms with Crippen molar-refractivity contribution in [2.75, 3.05) is 13.7 Å². The van der Waals surface area contributed by atoms with Crippen molar-refractivity contribution in [1.82, 2.24) is 5.48 Å². The molecule has 0 spiro atoms. The third-order valence-electron chi connectivity index (χ3n) is 2.76. The Balaban J connectivity index is 2.94. The van der Waals surface area contributed by atoms with Crippen LogP contribution in [0.1, 0.15) is 18.6 Å². The van der Waals surface area contributed by atoms with Crippen LogP contribution in [0.2, 0.25) is 0 Å². The second kappa shape index (κ2) is 8.25. The number of phenols is 1. The molecule has 7 nitrogen and oxygen atoms in total. The fourth-order valence-corrected chi connectivity index (χ4v) is 1.74. The van der Waals surface area contributed by atoms with E-state index in [1.54, 1.807) is 13.0 Å². The first-order valence-corrected chi connectivity index (χ1v) is 6.32. The van der Waals surface area contributed by atoms with Gasteiger partial charge in [0.05, 0.1) is 7.11 Å². The molecule has 116 valence electrons. The molecule has 1 rings (SSSR count). The number of aliphatic hydroxyl groups is 1. The first-order valence-electron chi connectivity index (χ1n) is 6.32. The van der Waals surface area contributed by atoms with Gasteiger partial charge >= 0.3 is 0 Å². The summed E-state index contributed by atoms with van der Waals surface area (Å²) in [6, 6.07) is 4.45. The molecular formula is C14H19NO6. The molecule has 1 amide bonds. The van der Waals surface area contributed by atoms with E-state index in [2.05, 4.69) is 0 Å². The van der Waals surface area contributed by atoms with Crippen LogP contribution in [-0.4, -0.2) is 41.1 Å². The maximum Gasteiger partial charge on any atom is 0.267 e. The molecule has 4 N–H and O–H groups in total. The molecule has 0 bridgehead atoms. The fourth-order valence-electron chi connectivity index (χ4n) is 1.74. The van der Waals surface area contributed by atoms with Crippen LogP contribution >= 0.6 is 0 Å². The van der Waals surface area contributed by atoms with Crippen molar-refractivity contribution in [3.05, 3.63) is 35.9 Å². The van der Waals surface area contributed by atoms with Gasteiger partial charge in [-0.3, -0.25) is 10.0 Å². The number of hydrogen-bond acceptors (Lipinski definition) is 6. The summed E-state index contributed by atoms with van der Waals surface area (Å²) in [6.07, 6.45) is 0.470. The zero-order valence-electron chi connectivity index (χ0n) is 11.8. The van der Waals surface area contributed by atoms with Crippen LogP contribution in [0.15, 0.2) is 30.4 Å². The number of phenolic OH excluding ortho intramolecular Hbond substituents is 1. The van der Waals surface area contributed by atoms with Gasteiger partial charge in [0.25, 0.3) is 5.91 Å². The summed E-state index contributed by atoms with van der Waals surface area (Å²) in [5.41, 5.74) is 1.85. The number of ether oxygens (including phenoxy) is 2. The highest BCUT2D eigenvalue weighted by Gasteiger charge is 2.20. The van der Waals surface area contributed by atoms with Gasteiger partial charge in [-0.2, -0.15) is 0 Å². The average Bonchev–Trinajstić information content (AvgIpc) is 2.50. The minimum atomic E-state index is -1.09. The lowest BCUT2D eigenvalue weighted by molar-refractivity contribution is -0.124. The molecule has 0 fully saturated rings. The number of carbonyl (C=O) groups excluding carboxylic acids is 1. The summed E-state index contributed by atoms with van der Waals surface area (Å²) in [5, 5.41) is 28.4. The van der Waals surface area contributed by atoms with Crippen molar-refractivity contribution in [3.8, 4) is 11.5 Å². The van der Waals surface area contributed by atoms with Gasteiger partial charge in [0, 0.05) is 12.7 Å². The first kappa shape index (κ1) is 17.0. The van der Waals surface area contributed by atoms with Gasteiger partial charge in [0.1, 0.15) is 12.2 Å². The zero-order chi connectivity index (χ0) is 15.8. The monoisotopic (exact) mass is 297 g/mol. The van der Waals surface area contributed by atoms with E-state index in [0.717, 1.165) is 6.08 Å². The molecule has 0 aliphatic heterocycles. The third-order valence-corrected chi connectivity index (χ3v) is 2.76. The molecule has 0 aliphatic carbocycles. The molecular weight excluding hydrogens is 278 g/mol. The number of methoxy groups -OCH3 is 1. The Morgan fingerprint density at radius 2 is 2.19 bits per heavy atom. The summed E-state index contributed by atoms with van der Waals surface area (Å²) in [6.45, 7) is 2.06. The SMILES string of the molecule is CCO[C@@H](/C=C/C(=O)NO)[C@@H](O)c1ccc(OC)c(O)c1. The normalized spacial score (nSPS) is 13.9. The van der Waals surface area contributed by atoms with Crippen molar-refractivity contribution in [3.63, 3.8) is 0 Å². The average molecular weight is 297 g/mol.